The molecule has 4 nitrogen and oxygen atoms in total. The van der Waals surface area contributed by atoms with Crippen LogP contribution in [0.2, 0.25) is 0 Å². The summed E-state index contributed by atoms with van der Waals surface area (Å²) in [6.45, 7) is 4.39. The molecule has 2 aromatic rings. The molecule has 23 heavy (non-hydrogen) atoms. The summed E-state index contributed by atoms with van der Waals surface area (Å²) in [5, 5.41) is 2.93. The number of hydrogen-bond donors (Lipinski definition) is 1. The smallest absolute Gasteiger partial charge is 0.260 e. The summed E-state index contributed by atoms with van der Waals surface area (Å²) >= 11 is 0. The third-order valence-corrected chi connectivity index (χ3v) is 3.69. The molecule has 0 aliphatic rings. The van der Waals surface area contributed by atoms with Gasteiger partial charge in [-0.2, -0.15) is 0 Å². The summed E-state index contributed by atoms with van der Waals surface area (Å²) in [5.41, 5.74) is 1.20. The summed E-state index contributed by atoms with van der Waals surface area (Å²) in [6.07, 6.45) is -0.589. The van der Waals surface area contributed by atoms with E-state index in [9.17, 15) is 4.79 Å². The van der Waals surface area contributed by atoms with Gasteiger partial charge in [-0.3, -0.25) is 4.79 Å². The van der Waals surface area contributed by atoms with Crippen LogP contribution in [0.5, 0.6) is 11.5 Å². The van der Waals surface area contributed by atoms with Crippen molar-refractivity contribution >= 4 is 5.91 Å². The molecule has 0 heterocycles. The van der Waals surface area contributed by atoms with Crippen LogP contribution in [0.25, 0.3) is 0 Å². The number of rotatable bonds is 7. The number of hydrogen-bond acceptors (Lipinski definition) is 3. The van der Waals surface area contributed by atoms with Crippen LogP contribution in [0.3, 0.4) is 0 Å². The normalized spacial score (nSPS) is 13.0. The van der Waals surface area contributed by atoms with Crippen LogP contribution in [0.15, 0.2) is 54.6 Å². The van der Waals surface area contributed by atoms with Crippen LogP contribution in [-0.2, 0) is 4.79 Å². The first-order valence-corrected chi connectivity index (χ1v) is 7.74. The van der Waals surface area contributed by atoms with Gasteiger partial charge < -0.3 is 14.8 Å². The third kappa shape index (κ3) is 4.74. The van der Waals surface area contributed by atoms with E-state index >= 15 is 0 Å². The lowest BCUT2D eigenvalue weighted by Gasteiger charge is -2.18. The zero-order valence-corrected chi connectivity index (χ0v) is 13.8. The first kappa shape index (κ1) is 16.9. The van der Waals surface area contributed by atoms with Crippen molar-refractivity contribution in [2.75, 3.05) is 13.7 Å². The van der Waals surface area contributed by atoms with Gasteiger partial charge in [0, 0.05) is 6.54 Å². The fraction of sp³-hybridized carbons (Fsp3) is 0.316. The molecule has 0 bridgehead atoms. The van der Waals surface area contributed by atoms with E-state index in [1.165, 1.54) is 5.56 Å². The first-order valence-electron chi connectivity index (χ1n) is 7.74. The highest BCUT2D eigenvalue weighted by Crippen LogP contribution is 2.26. The Labute approximate surface area is 137 Å². The van der Waals surface area contributed by atoms with Crippen molar-refractivity contribution in [3.8, 4) is 11.5 Å². The topological polar surface area (TPSA) is 47.6 Å². The Morgan fingerprint density at radius 2 is 1.61 bits per heavy atom. The van der Waals surface area contributed by atoms with E-state index in [2.05, 4.69) is 24.4 Å². The lowest BCUT2D eigenvalue weighted by molar-refractivity contribution is -0.127. The SMILES string of the molecule is COc1ccccc1O[C@@H](C)C(=O)NC[C@@H](C)c1ccccc1. The molecule has 0 saturated carbocycles. The van der Waals surface area contributed by atoms with Gasteiger partial charge in [0.1, 0.15) is 0 Å². The molecule has 1 amide bonds. The third-order valence-electron chi connectivity index (χ3n) is 3.69. The van der Waals surface area contributed by atoms with Crippen molar-refractivity contribution in [1.29, 1.82) is 0 Å². The first-order chi connectivity index (χ1) is 11.1. The molecule has 0 aliphatic carbocycles. The van der Waals surface area contributed by atoms with E-state index in [1.807, 2.05) is 30.3 Å². The second kappa shape index (κ2) is 8.22. The minimum absolute atomic E-state index is 0.140. The monoisotopic (exact) mass is 313 g/mol. The van der Waals surface area contributed by atoms with Crippen LogP contribution in [0, 0.1) is 0 Å². The molecule has 0 spiro atoms. The zero-order valence-electron chi connectivity index (χ0n) is 13.8. The predicted molar refractivity (Wildman–Crippen MR) is 91.0 cm³/mol. The Kier molecular flexibility index (Phi) is 6.03. The lowest BCUT2D eigenvalue weighted by Crippen LogP contribution is -2.38. The molecule has 0 saturated heterocycles. The lowest BCUT2D eigenvalue weighted by atomic mass is 10.0. The van der Waals surface area contributed by atoms with Crippen LogP contribution in [0.1, 0.15) is 25.3 Å². The molecule has 122 valence electrons. The molecule has 0 fully saturated rings. The molecule has 0 aromatic heterocycles. The summed E-state index contributed by atoms with van der Waals surface area (Å²) < 4.78 is 10.9. The second-order valence-corrected chi connectivity index (χ2v) is 5.47. The Balaban J connectivity index is 1.88. The number of carbonyl (C=O) groups is 1. The molecule has 2 aromatic carbocycles. The number of para-hydroxylation sites is 2. The van der Waals surface area contributed by atoms with Crippen molar-refractivity contribution in [1.82, 2.24) is 5.32 Å². The Bertz CT molecular complexity index is 628. The maximum atomic E-state index is 12.2. The maximum absolute atomic E-state index is 12.2. The molecule has 0 aliphatic heterocycles. The molecular formula is C19H23NO3. The number of benzene rings is 2. The van der Waals surface area contributed by atoms with E-state index < -0.39 is 6.10 Å². The Morgan fingerprint density at radius 1 is 1.00 bits per heavy atom. The van der Waals surface area contributed by atoms with Gasteiger partial charge in [0.2, 0.25) is 0 Å². The summed E-state index contributed by atoms with van der Waals surface area (Å²) in [6, 6.07) is 17.4. The van der Waals surface area contributed by atoms with Gasteiger partial charge in [-0.25, -0.2) is 0 Å². The Hall–Kier alpha value is -2.49. The highest BCUT2D eigenvalue weighted by Gasteiger charge is 2.17. The van der Waals surface area contributed by atoms with Gasteiger partial charge in [0.15, 0.2) is 17.6 Å². The summed E-state index contributed by atoms with van der Waals surface area (Å²) in [4.78, 5) is 12.2. The number of carbonyl (C=O) groups excluding carboxylic acids is 1. The predicted octanol–water partition coefficient (Wildman–Crippen LogP) is 3.38. The molecule has 0 unspecified atom stereocenters. The van der Waals surface area contributed by atoms with E-state index in [-0.39, 0.29) is 11.8 Å². The maximum Gasteiger partial charge on any atom is 0.260 e. The van der Waals surface area contributed by atoms with E-state index in [1.54, 1.807) is 26.2 Å². The average molecular weight is 313 g/mol. The largest absolute Gasteiger partial charge is 0.493 e. The average Bonchev–Trinajstić information content (AvgIpc) is 2.60. The molecule has 4 heteroatoms. The highest BCUT2D eigenvalue weighted by molar-refractivity contribution is 5.80. The molecular weight excluding hydrogens is 290 g/mol. The van der Waals surface area contributed by atoms with Crippen LogP contribution in [0.4, 0.5) is 0 Å². The minimum atomic E-state index is -0.589. The standard InChI is InChI=1S/C19H23NO3/c1-14(16-9-5-4-6-10-16)13-20-19(21)15(2)23-18-12-8-7-11-17(18)22-3/h4-12,14-15H,13H2,1-3H3,(H,20,21)/t14-,15+/m1/s1. The van der Waals surface area contributed by atoms with E-state index in [4.69, 9.17) is 9.47 Å². The number of methoxy groups -OCH3 is 1. The number of nitrogens with one attached hydrogen (secondary N) is 1. The van der Waals surface area contributed by atoms with Crippen molar-refractivity contribution in [3.63, 3.8) is 0 Å². The fourth-order valence-electron chi connectivity index (χ4n) is 2.26. The Morgan fingerprint density at radius 3 is 2.26 bits per heavy atom. The van der Waals surface area contributed by atoms with Gasteiger partial charge in [0.25, 0.3) is 5.91 Å². The summed E-state index contributed by atoms with van der Waals surface area (Å²) in [5.74, 6) is 1.29. The van der Waals surface area contributed by atoms with Crippen LogP contribution in [-0.4, -0.2) is 25.7 Å². The second-order valence-electron chi connectivity index (χ2n) is 5.47. The van der Waals surface area contributed by atoms with Crippen molar-refractivity contribution < 1.29 is 14.3 Å². The van der Waals surface area contributed by atoms with Crippen molar-refractivity contribution in [2.24, 2.45) is 0 Å². The molecule has 2 rings (SSSR count). The fourth-order valence-corrected chi connectivity index (χ4v) is 2.26. The molecule has 1 N–H and O–H groups in total. The van der Waals surface area contributed by atoms with E-state index in [0.29, 0.717) is 18.0 Å². The van der Waals surface area contributed by atoms with Crippen molar-refractivity contribution in [3.05, 3.63) is 60.2 Å². The van der Waals surface area contributed by atoms with Gasteiger partial charge in [-0.15, -0.1) is 0 Å². The molecule has 0 radical (unpaired) electrons. The van der Waals surface area contributed by atoms with Gasteiger partial charge in [0.05, 0.1) is 7.11 Å². The van der Waals surface area contributed by atoms with Gasteiger partial charge in [-0.1, -0.05) is 49.4 Å². The zero-order chi connectivity index (χ0) is 16.7. The van der Waals surface area contributed by atoms with Crippen LogP contribution >= 0.6 is 0 Å². The number of ether oxygens (including phenoxy) is 2. The van der Waals surface area contributed by atoms with Crippen molar-refractivity contribution in [2.45, 2.75) is 25.9 Å². The van der Waals surface area contributed by atoms with Gasteiger partial charge in [-0.05, 0) is 30.5 Å². The summed E-state index contributed by atoms with van der Waals surface area (Å²) in [7, 11) is 1.58. The molecule has 2 atom stereocenters. The van der Waals surface area contributed by atoms with E-state index in [0.717, 1.165) is 0 Å². The van der Waals surface area contributed by atoms with Crippen LogP contribution < -0.4 is 14.8 Å². The quantitative estimate of drug-likeness (QED) is 0.852. The van der Waals surface area contributed by atoms with Gasteiger partial charge >= 0.3 is 0 Å². The minimum Gasteiger partial charge on any atom is -0.493 e. The highest BCUT2D eigenvalue weighted by atomic mass is 16.5. The number of amides is 1.